The van der Waals surface area contributed by atoms with Crippen molar-refractivity contribution in [3.63, 3.8) is 0 Å². The van der Waals surface area contributed by atoms with Crippen molar-refractivity contribution < 1.29 is 19.1 Å². The summed E-state index contributed by atoms with van der Waals surface area (Å²) in [4.78, 5) is 26.4. The van der Waals surface area contributed by atoms with Gasteiger partial charge in [0, 0.05) is 11.9 Å². The van der Waals surface area contributed by atoms with E-state index in [4.69, 9.17) is 9.47 Å². The molecule has 5 nitrogen and oxygen atoms in total. The maximum atomic E-state index is 12.5. The Hall–Kier alpha value is -2.82. The van der Waals surface area contributed by atoms with Crippen molar-refractivity contribution in [2.75, 3.05) is 19.1 Å². The fraction of sp³-hybridized carbons (Fsp3) is 0.462. The Kier molecular flexibility index (Phi) is 10.6. The molecule has 0 saturated heterocycles. The predicted octanol–water partition coefficient (Wildman–Crippen LogP) is 5.86. The molecule has 0 bridgehead atoms. The third-order valence-corrected chi connectivity index (χ3v) is 5.42. The van der Waals surface area contributed by atoms with E-state index in [0.29, 0.717) is 0 Å². The number of anilines is 1. The molecule has 0 aromatic heterocycles. The molecule has 5 heteroatoms. The minimum absolute atomic E-state index is 0.134. The molecule has 1 aromatic rings. The maximum absolute atomic E-state index is 12.5. The van der Waals surface area contributed by atoms with Crippen LogP contribution in [0.15, 0.2) is 60.0 Å². The Labute approximate surface area is 186 Å². The highest BCUT2D eigenvalue weighted by molar-refractivity contribution is 6.05. The molecule has 1 aliphatic heterocycles. The second kappa shape index (κ2) is 13.5. The molecule has 0 atom stereocenters. The number of benzene rings is 1. The number of carbonyl (C=O) groups is 2. The highest BCUT2D eigenvalue weighted by atomic mass is 16.5. The summed E-state index contributed by atoms with van der Waals surface area (Å²) >= 11 is 0. The van der Waals surface area contributed by atoms with Gasteiger partial charge in [-0.2, -0.15) is 0 Å². The van der Waals surface area contributed by atoms with Crippen LogP contribution in [0.1, 0.15) is 63.9 Å². The van der Waals surface area contributed by atoms with E-state index in [1.54, 1.807) is 29.3 Å². The van der Waals surface area contributed by atoms with E-state index in [1.165, 1.54) is 71.1 Å². The first-order valence-electron chi connectivity index (χ1n) is 11.3. The number of esters is 2. The first kappa shape index (κ1) is 24.4. The van der Waals surface area contributed by atoms with Crippen molar-refractivity contribution in [3.8, 4) is 0 Å². The molecule has 0 radical (unpaired) electrons. The Morgan fingerprint density at radius 3 is 2.03 bits per heavy atom. The van der Waals surface area contributed by atoms with Crippen LogP contribution in [0.25, 0.3) is 0 Å². The number of unbranched alkanes of at least 4 members (excludes halogenated alkanes) is 7. The van der Waals surface area contributed by atoms with Crippen LogP contribution in [0.3, 0.4) is 0 Å². The molecule has 0 spiro atoms. The summed E-state index contributed by atoms with van der Waals surface area (Å²) in [6.45, 7) is 2.25. The lowest BCUT2D eigenvalue weighted by Gasteiger charge is -2.23. The summed E-state index contributed by atoms with van der Waals surface area (Å²) in [6.07, 6.45) is 18.2. The monoisotopic (exact) mass is 425 g/mol. The van der Waals surface area contributed by atoms with Gasteiger partial charge in [0.05, 0.1) is 19.8 Å². The van der Waals surface area contributed by atoms with Crippen molar-refractivity contribution >= 4 is 17.6 Å². The van der Waals surface area contributed by atoms with Crippen molar-refractivity contribution in [1.82, 2.24) is 0 Å². The number of hydrogen-bond donors (Lipinski definition) is 0. The van der Waals surface area contributed by atoms with E-state index >= 15 is 0 Å². The second-order valence-corrected chi connectivity index (χ2v) is 7.71. The summed E-state index contributed by atoms with van der Waals surface area (Å²) in [5, 5.41) is 0. The average Bonchev–Trinajstić information content (AvgIpc) is 3.03. The first-order chi connectivity index (χ1) is 15.1. The number of carbonyl (C=O) groups excluding carboxylic acids is 2. The summed E-state index contributed by atoms with van der Waals surface area (Å²) in [5.41, 5.74) is 2.34. The first-order valence-corrected chi connectivity index (χ1v) is 11.3. The number of aryl methyl sites for hydroxylation is 1. The van der Waals surface area contributed by atoms with E-state index < -0.39 is 11.9 Å². The smallest absolute Gasteiger partial charge is 0.355 e. The van der Waals surface area contributed by atoms with Crippen LogP contribution in [-0.2, 0) is 25.5 Å². The van der Waals surface area contributed by atoms with Gasteiger partial charge in [0.25, 0.3) is 0 Å². The van der Waals surface area contributed by atoms with Gasteiger partial charge in [0.2, 0.25) is 0 Å². The van der Waals surface area contributed by atoms with Gasteiger partial charge in [-0.15, -0.1) is 0 Å². The molecule has 1 heterocycles. The zero-order valence-corrected chi connectivity index (χ0v) is 19.1. The van der Waals surface area contributed by atoms with Crippen molar-refractivity contribution in [2.24, 2.45) is 0 Å². The number of ether oxygens (including phenoxy) is 2. The molecule has 1 aromatic carbocycles. The highest BCUT2D eigenvalue weighted by Gasteiger charge is 2.27. The average molecular weight is 426 g/mol. The number of hydrogen-bond acceptors (Lipinski definition) is 5. The zero-order valence-electron chi connectivity index (χ0n) is 19.1. The van der Waals surface area contributed by atoms with Crippen molar-refractivity contribution in [1.29, 1.82) is 0 Å². The minimum atomic E-state index is -0.598. The molecule has 0 amide bonds. The van der Waals surface area contributed by atoms with Crippen molar-refractivity contribution in [2.45, 2.75) is 64.7 Å². The van der Waals surface area contributed by atoms with Gasteiger partial charge < -0.3 is 14.4 Å². The van der Waals surface area contributed by atoms with Gasteiger partial charge >= 0.3 is 11.9 Å². The standard InChI is InChI=1S/C26H35NO4/c1-4-5-6-7-8-9-10-11-14-21-16-18-22(19-17-21)27-20-13-12-15-23(25(28)30-2)24(27)26(29)31-3/h12-13,15-20H,4-11,14H2,1-3H3. The molecular formula is C26H35NO4. The Morgan fingerprint density at radius 2 is 1.42 bits per heavy atom. The summed E-state index contributed by atoms with van der Waals surface area (Å²) < 4.78 is 9.79. The third-order valence-electron chi connectivity index (χ3n) is 5.42. The molecular weight excluding hydrogens is 390 g/mol. The lowest BCUT2D eigenvalue weighted by atomic mass is 10.0. The third kappa shape index (κ3) is 7.42. The molecule has 2 rings (SSSR count). The summed E-state index contributed by atoms with van der Waals surface area (Å²) in [5.74, 6) is -1.18. The Balaban J connectivity index is 2.03. The second-order valence-electron chi connectivity index (χ2n) is 7.71. The Morgan fingerprint density at radius 1 is 0.806 bits per heavy atom. The van der Waals surface area contributed by atoms with Gasteiger partial charge in [-0.3, -0.25) is 0 Å². The molecule has 0 fully saturated rings. The lowest BCUT2D eigenvalue weighted by molar-refractivity contribution is -0.139. The van der Waals surface area contributed by atoms with Crippen LogP contribution in [0, 0.1) is 0 Å². The normalized spacial score (nSPS) is 13.3. The van der Waals surface area contributed by atoms with Crippen LogP contribution >= 0.6 is 0 Å². The largest absolute Gasteiger partial charge is 0.465 e. The van der Waals surface area contributed by atoms with E-state index in [9.17, 15) is 9.59 Å². The van der Waals surface area contributed by atoms with Crippen molar-refractivity contribution in [3.05, 3.63) is 65.5 Å². The molecule has 0 saturated carbocycles. The van der Waals surface area contributed by atoms with Crippen LogP contribution in [0.5, 0.6) is 0 Å². The van der Waals surface area contributed by atoms with Crippen LogP contribution < -0.4 is 4.90 Å². The van der Waals surface area contributed by atoms with Crippen LogP contribution in [0.4, 0.5) is 5.69 Å². The summed E-state index contributed by atoms with van der Waals surface area (Å²) in [6, 6.07) is 8.09. The molecule has 1 aliphatic rings. The number of allylic oxidation sites excluding steroid dienone is 2. The topological polar surface area (TPSA) is 55.8 Å². The minimum Gasteiger partial charge on any atom is -0.465 e. The fourth-order valence-corrected chi connectivity index (χ4v) is 3.65. The number of methoxy groups -OCH3 is 2. The van der Waals surface area contributed by atoms with Gasteiger partial charge in [-0.05, 0) is 42.7 Å². The van der Waals surface area contributed by atoms with Gasteiger partial charge in [0.1, 0.15) is 5.70 Å². The SMILES string of the molecule is CCCCCCCCCCc1ccc(N2C=CC=CC(C(=O)OC)=C2C(=O)OC)cc1. The molecule has 0 unspecified atom stereocenters. The Bertz CT molecular complexity index is 805. The molecule has 168 valence electrons. The zero-order chi connectivity index (χ0) is 22.5. The van der Waals surface area contributed by atoms with E-state index in [1.807, 2.05) is 12.1 Å². The summed E-state index contributed by atoms with van der Waals surface area (Å²) in [7, 11) is 2.59. The van der Waals surface area contributed by atoms with Gasteiger partial charge in [-0.1, -0.05) is 70.1 Å². The highest BCUT2D eigenvalue weighted by Crippen LogP contribution is 2.27. The quantitative estimate of drug-likeness (QED) is 0.310. The van der Waals surface area contributed by atoms with E-state index in [-0.39, 0.29) is 11.3 Å². The molecule has 0 aliphatic carbocycles. The number of nitrogens with zero attached hydrogens (tertiary/aromatic N) is 1. The predicted molar refractivity (Wildman–Crippen MR) is 125 cm³/mol. The van der Waals surface area contributed by atoms with Gasteiger partial charge in [0.15, 0.2) is 0 Å². The molecule has 0 N–H and O–H groups in total. The van der Waals surface area contributed by atoms with Gasteiger partial charge in [-0.25, -0.2) is 9.59 Å². The van der Waals surface area contributed by atoms with E-state index in [0.717, 1.165) is 12.1 Å². The lowest BCUT2D eigenvalue weighted by Crippen LogP contribution is -2.26. The number of rotatable bonds is 12. The fourth-order valence-electron chi connectivity index (χ4n) is 3.65. The maximum Gasteiger partial charge on any atom is 0.355 e. The van der Waals surface area contributed by atoms with Crippen LogP contribution in [0.2, 0.25) is 0 Å². The molecule has 31 heavy (non-hydrogen) atoms. The van der Waals surface area contributed by atoms with E-state index in [2.05, 4.69) is 19.1 Å². The van der Waals surface area contributed by atoms with Crippen LogP contribution in [-0.4, -0.2) is 26.2 Å².